The average molecular weight is 371 g/mol. The van der Waals surface area contributed by atoms with E-state index < -0.39 is 0 Å². The predicted molar refractivity (Wildman–Crippen MR) is 113 cm³/mol. The highest BCUT2D eigenvalue weighted by Gasteiger charge is 2.43. The Balaban J connectivity index is 1.38. The van der Waals surface area contributed by atoms with Crippen molar-refractivity contribution in [2.24, 2.45) is 11.0 Å². The van der Waals surface area contributed by atoms with Crippen LogP contribution < -0.4 is 5.43 Å². The lowest BCUT2D eigenvalue weighted by molar-refractivity contribution is -0.122. The Kier molecular flexibility index (Phi) is 4.71. The molecule has 1 N–H and O–H groups in total. The van der Waals surface area contributed by atoms with E-state index in [1.165, 1.54) is 11.1 Å². The smallest absolute Gasteiger partial charge is 0.243 e. The zero-order chi connectivity index (χ0) is 19.7. The number of benzene rings is 2. The first-order chi connectivity index (χ1) is 13.4. The predicted octanol–water partition coefficient (Wildman–Crippen LogP) is 4.79. The van der Waals surface area contributed by atoms with Crippen molar-refractivity contribution in [1.29, 1.82) is 0 Å². The number of rotatable bonds is 4. The van der Waals surface area contributed by atoms with Crippen LogP contribution in [0.1, 0.15) is 49.8 Å². The molecule has 1 aliphatic carbocycles. The summed E-state index contributed by atoms with van der Waals surface area (Å²) in [5, 5.41) is 6.31. The van der Waals surface area contributed by atoms with Crippen LogP contribution in [-0.2, 0) is 10.2 Å². The Hall–Kier alpha value is -3.01. The molecular weight excluding hydrogens is 346 g/mol. The number of nitrogens with one attached hydrogen (secondary N) is 1. The largest absolute Gasteiger partial charge is 0.273 e. The second-order valence-corrected chi connectivity index (χ2v) is 8.50. The van der Waals surface area contributed by atoms with Crippen LogP contribution in [0, 0.1) is 5.92 Å². The van der Waals surface area contributed by atoms with Gasteiger partial charge in [0.05, 0.1) is 6.21 Å². The SMILES string of the molecule is CC(C)(C)c1ccc(C2CC2C(=O)N/N=C/c2cccc3cnccc23)cc1. The van der Waals surface area contributed by atoms with Gasteiger partial charge >= 0.3 is 0 Å². The topological polar surface area (TPSA) is 54.4 Å². The molecule has 2 atom stereocenters. The van der Waals surface area contributed by atoms with E-state index in [1.54, 1.807) is 12.4 Å². The lowest BCUT2D eigenvalue weighted by Gasteiger charge is -2.19. The van der Waals surface area contributed by atoms with Crippen molar-refractivity contribution in [2.45, 2.75) is 38.5 Å². The summed E-state index contributed by atoms with van der Waals surface area (Å²) < 4.78 is 0. The number of pyridine rings is 1. The Bertz CT molecular complexity index is 1030. The minimum atomic E-state index is -0.0111. The van der Waals surface area contributed by atoms with E-state index in [9.17, 15) is 4.79 Å². The molecule has 142 valence electrons. The summed E-state index contributed by atoms with van der Waals surface area (Å²) in [7, 11) is 0. The van der Waals surface area contributed by atoms with Crippen LogP contribution in [0.4, 0.5) is 0 Å². The summed E-state index contributed by atoms with van der Waals surface area (Å²) in [4.78, 5) is 16.6. The Morgan fingerprint density at radius 1 is 1.14 bits per heavy atom. The molecule has 0 bridgehead atoms. The molecule has 1 amide bonds. The fraction of sp³-hybridized carbons (Fsp3) is 0.292. The van der Waals surface area contributed by atoms with Crippen molar-refractivity contribution < 1.29 is 4.79 Å². The van der Waals surface area contributed by atoms with Crippen LogP contribution in [0.3, 0.4) is 0 Å². The minimum absolute atomic E-state index is 0.00866. The van der Waals surface area contributed by atoms with E-state index >= 15 is 0 Å². The molecule has 2 aromatic carbocycles. The molecule has 1 aliphatic rings. The van der Waals surface area contributed by atoms with Gasteiger partial charge in [-0.25, -0.2) is 5.43 Å². The number of aromatic nitrogens is 1. The van der Waals surface area contributed by atoms with Crippen molar-refractivity contribution in [1.82, 2.24) is 10.4 Å². The number of fused-ring (bicyclic) bond motifs is 1. The van der Waals surface area contributed by atoms with E-state index in [1.807, 2.05) is 30.5 Å². The van der Waals surface area contributed by atoms with Gasteiger partial charge in [-0.15, -0.1) is 0 Å². The molecule has 1 aromatic heterocycles. The molecule has 1 heterocycles. The van der Waals surface area contributed by atoms with E-state index in [2.05, 4.69) is 60.5 Å². The van der Waals surface area contributed by atoms with Crippen LogP contribution >= 0.6 is 0 Å². The maximum Gasteiger partial charge on any atom is 0.243 e. The molecule has 2 unspecified atom stereocenters. The first-order valence-corrected chi connectivity index (χ1v) is 9.69. The molecule has 1 fully saturated rings. The van der Waals surface area contributed by atoms with Gasteiger partial charge in [0.2, 0.25) is 5.91 Å². The Morgan fingerprint density at radius 3 is 2.68 bits per heavy atom. The normalized spacial score (nSPS) is 19.1. The third-order valence-corrected chi connectivity index (χ3v) is 5.42. The van der Waals surface area contributed by atoms with E-state index in [0.717, 1.165) is 22.8 Å². The third-order valence-electron chi connectivity index (χ3n) is 5.42. The van der Waals surface area contributed by atoms with Gasteiger partial charge in [-0.05, 0) is 40.3 Å². The van der Waals surface area contributed by atoms with Crippen LogP contribution in [0.2, 0.25) is 0 Å². The third kappa shape index (κ3) is 3.81. The lowest BCUT2D eigenvalue weighted by atomic mass is 9.86. The van der Waals surface area contributed by atoms with E-state index in [4.69, 9.17) is 0 Å². The van der Waals surface area contributed by atoms with Gasteiger partial charge in [-0.2, -0.15) is 5.10 Å². The molecule has 3 aromatic rings. The van der Waals surface area contributed by atoms with Gasteiger partial charge in [0.1, 0.15) is 0 Å². The van der Waals surface area contributed by atoms with E-state index in [0.29, 0.717) is 5.92 Å². The highest BCUT2D eigenvalue weighted by molar-refractivity contribution is 5.99. The maximum absolute atomic E-state index is 12.4. The second-order valence-electron chi connectivity index (χ2n) is 8.50. The van der Waals surface area contributed by atoms with Crippen LogP contribution in [0.25, 0.3) is 10.8 Å². The average Bonchev–Trinajstić information content (AvgIpc) is 3.48. The fourth-order valence-electron chi connectivity index (χ4n) is 3.59. The first-order valence-electron chi connectivity index (χ1n) is 9.69. The van der Waals surface area contributed by atoms with Gasteiger partial charge < -0.3 is 0 Å². The number of amides is 1. The van der Waals surface area contributed by atoms with Gasteiger partial charge in [0.15, 0.2) is 0 Å². The molecule has 4 heteroatoms. The van der Waals surface area contributed by atoms with Crippen LogP contribution in [0.5, 0.6) is 0 Å². The molecular formula is C24H25N3O. The maximum atomic E-state index is 12.4. The molecule has 0 spiro atoms. The molecule has 0 radical (unpaired) electrons. The van der Waals surface area contributed by atoms with Crippen LogP contribution in [0.15, 0.2) is 66.0 Å². The van der Waals surface area contributed by atoms with Gasteiger partial charge in [0, 0.05) is 29.3 Å². The summed E-state index contributed by atoms with van der Waals surface area (Å²) in [5.74, 6) is 0.297. The number of hydrogen-bond acceptors (Lipinski definition) is 3. The zero-order valence-corrected chi connectivity index (χ0v) is 16.5. The monoisotopic (exact) mass is 371 g/mol. The second kappa shape index (κ2) is 7.19. The zero-order valence-electron chi connectivity index (χ0n) is 16.5. The minimum Gasteiger partial charge on any atom is -0.273 e. The van der Waals surface area contributed by atoms with Crippen molar-refractivity contribution >= 4 is 22.9 Å². The Labute approximate surface area is 165 Å². The summed E-state index contributed by atoms with van der Waals surface area (Å²) >= 11 is 0. The first kappa shape index (κ1) is 18.4. The molecule has 4 rings (SSSR count). The molecule has 0 aliphatic heterocycles. The summed E-state index contributed by atoms with van der Waals surface area (Å²) in [6.07, 6.45) is 6.18. The number of hydrazone groups is 1. The van der Waals surface area contributed by atoms with E-state index in [-0.39, 0.29) is 17.2 Å². The molecule has 0 saturated heterocycles. The summed E-state index contributed by atoms with van der Waals surface area (Å²) in [5.41, 5.74) is 6.36. The number of carbonyl (C=O) groups excluding carboxylic acids is 1. The highest BCUT2D eigenvalue weighted by Crippen LogP contribution is 2.47. The quantitative estimate of drug-likeness (QED) is 0.530. The number of carbonyl (C=O) groups is 1. The summed E-state index contributed by atoms with van der Waals surface area (Å²) in [6, 6.07) is 16.6. The van der Waals surface area contributed by atoms with Crippen molar-refractivity contribution in [3.63, 3.8) is 0 Å². The summed E-state index contributed by atoms with van der Waals surface area (Å²) in [6.45, 7) is 6.62. The lowest BCUT2D eigenvalue weighted by Crippen LogP contribution is -2.20. The number of hydrogen-bond donors (Lipinski definition) is 1. The van der Waals surface area contributed by atoms with Crippen molar-refractivity contribution in [3.8, 4) is 0 Å². The van der Waals surface area contributed by atoms with Gasteiger partial charge in [0.25, 0.3) is 0 Å². The Morgan fingerprint density at radius 2 is 1.93 bits per heavy atom. The standard InChI is InChI=1S/C24H25N3O/c1-24(2,3)19-9-7-16(8-10-19)21-13-22(21)23(28)27-26-15-18-6-4-5-17-14-25-12-11-20(17)18/h4-12,14-15,21-22H,13H2,1-3H3,(H,27,28)/b26-15+. The molecule has 4 nitrogen and oxygen atoms in total. The molecule has 28 heavy (non-hydrogen) atoms. The van der Waals surface area contributed by atoms with Gasteiger partial charge in [-0.1, -0.05) is 63.2 Å². The fourth-order valence-corrected chi connectivity index (χ4v) is 3.59. The van der Waals surface area contributed by atoms with Crippen molar-refractivity contribution in [2.75, 3.05) is 0 Å². The molecule has 1 saturated carbocycles. The number of nitrogens with zero attached hydrogens (tertiary/aromatic N) is 2. The van der Waals surface area contributed by atoms with Crippen LogP contribution in [-0.4, -0.2) is 17.1 Å². The highest BCUT2D eigenvalue weighted by atomic mass is 16.2. The van der Waals surface area contributed by atoms with Gasteiger partial charge in [-0.3, -0.25) is 9.78 Å². The van der Waals surface area contributed by atoms with Crippen molar-refractivity contribution in [3.05, 3.63) is 77.6 Å².